The zero-order valence-electron chi connectivity index (χ0n) is 21.1. The quantitative estimate of drug-likeness (QED) is 0.124. The van der Waals surface area contributed by atoms with Gasteiger partial charge < -0.3 is 19.7 Å². The van der Waals surface area contributed by atoms with Crippen molar-refractivity contribution in [3.05, 3.63) is 53.1 Å². The molecule has 3 aromatic rings. The molecule has 0 aliphatic carbocycles. The fourth-order valence-electron chi connectivity index (χ4n) is 3.23. The van der Waals surface area contributed by atoms with Gasteiger partial charge in [0, 0.05) is 49.7 Å². The van der Waals surface area contributed by atoms with Gasteiger partial charge in [-0.05, 0) is 49.7 Å². The molecule has 0 aliphatic rings. The van der Waals surface area contributed by atoms with Gasteiger partial charge in [-0.2, -0.15) is 0 Å². The summed E-state index contributed by atoms with van der Waals surface area (Å²) in [5, 5.41) is 20.9. The van der Waals surface area contributed by atoms with Gasteiger partial charge in [-0.15, -0.1) is 20.4 Å². The highest BCUT2D eigenvalue weighted by atomic mass is 35.5. The highest BCUT2D eigenvalue weighted by Gasteiger charge is 2.12. The van der Waals surface area contributed by atoms with E-state index in [1.807, 2.05) is 56.3 Å². The summed E-state index contributed by atoms with van der Waals surface area (Å²) < 4.78 is 11.9. The first kappa shape index (κ1) is 29.0. The van der Waals surface area contributed by atoms with E-state index in [-0.39, 0.29) is 5.91 Å². The summed E-state index contributed by atoms with van der Waals surface area (Å²) in [4.78, 5) is 14.0. The average Bonchev–Trinajstić information content (AvgIpc) is 3.34. The number of rotatable bonds is 15. The Morgan fingerprint density at radius 2 is 1.76 bits per heavy atom. The molecule has 0 fully saturated rings. The van der Waals surface area contributed by atoms with Gasteiger partial charge in [-0.25, -0.2) is 0 Å². The van der Waals surface area contributed by atoms with Crippen LogP contribution >= 0.6 is 34.7 Å². The number of anilines is 2. The van der Waals surface area contributed by atoms with Crippen molar-refractivity contribution in [3.63, 3.8) is 0 Å². The van der Waals surface area contributed by atoms with Crippen molar-refractivity contribution in [2.75, 3.05) is 49.7 Å². The summed E-state index contributed by atoms with van der Waals surface area (Å²) in [6.07, 6.45) is 0. The third-order valence-electron chi connectivity index (χ3n) is 4.99. The fourth-order valence-corrected chi connectivity index (χ4v) is 4.97. The number of nitrogens with zero attached hydrogens (tertiary/aromatic N) is 5. The molecule has 2 aromatic carbocycles. The Morgan fingerprint density at radius 1 is 1.05 bits per heavy atom. The largest absolute Gasteiger partial charge is 0.380 e. The molecule has 0 atom stereocenters. The van der Waals surface area contributed by atoms with E-state index in [0.29, 0.717) is 61.0 Å². The van der Waals surface area contributed by atoms with Gasteiger partial charge in [0.25, 0.3) is 5.13 Å². The smallest absolute Gasteiger partial charge is 0.252 e. The number of benzene rings is 2. The minimum Gasteiger partial charge on any atom is -0.380 e. The first-order valence-electron chi connectivity index (χ1n) is 11.9. The van der Waals surface area contributed by atoms with Crippen molar-refractivity contribution in [3.8, 4) is 0 Å². The van der Waals surface area contributed by atoms with Gasteiger partial charge >= 0.3 is 0 Å². The molecule has 0 radical (unpaired) electrons. The number of thioether (sulfide) groups is 1. The molecular formula is C25H31ClN6O3S2. The van der Waals surface area contributed by atoms with E-state index in [0.717, 1.165) is 21.3 Å². The average molecular weight is 563 g/mol. The van der Waals surface area contributed by atoms with Crippen molar-refractivity contribution in [2.45, 2.75) is 30.9 Å². The summed E-state index contributed by atoms with van der Waals surface area (Å²) >= 11 is 8.87. The van der Waals surface area contributed by atoms with Crippen molar-refractivity contribution < 1.29 is 14.3 Å². The van der Waals surface area contributed by atoms with E-state index >= 15 is 0 Å². The number of ether oxygens (including phenoxy) is 2. The summed E-state index contributed by atoms with van der Waals surface area (Å²) in [7, 11) is 0. The number of hydrogen-bond donors (Lipinski definition) is 1. The number of carbonyl (C=O) groups is 1. The summed E-state index contributed by atoms with van der Waals surface area (Å²) in [6, 6.07) is 13.4. The molecule has 1 amide bonds. The fraction of sp³-hybridized carbons (Fsp3) is 0.400. The molecule has 37 heavy (non-hydrogen) atoms. The van der Waals surface area contributed by atoms with E-state index < -0.39 is 0 Å². The SMILES string of the molecule is CCOCCN(CCOCC)c1ccc(N=Nc2nnc(SCc3ccc(Cl)cc3)s2)c(NC(C)=O)c1. The lowest BCUT2D eigenvalue weighted by Crippen LogP contribution is -2.31. The third kappa shape index (κ3) is 10.0. The molecule has 9 nitrogen and oxygen atoms in total. The molecule has 1 N–H and O–H groups in total. The van der Waals surface area contributed by atoms with Gasteiger partial charge in [0.1, 0.15) is 5.69 Å². The van der Waals surface area contributed by atoms with Crippen LogP contribution in [0.3, 0.4) is 0 Å². The summed E-state index contributed by atoms with van der Waals surface area (Å²) in [6.45, 7) is 9.29. The number of azo groups is 1. The molecule has 198 valence electrons. The second-order valence-electron chi connectivity index (χ2n) is 7.73. The number of halogens is 1. The normalized spacial score (nSPS) is 11.2. The monoisotopic (exact) mass is 562 g/mol. The lowest BCUT2D eigenvalue weighted by molar-refractivity contribution is -0.114. The van der Waals surface area contributed by atoms with Crippen LogP contribution in [-0.2, 0) is 20.0 Å². The van der Waals surface area contributed by atoms with Gasteiger partial charge in [0.2, 0.25) is 5.91 Å². The van der Waals surface area contributed by atoms with E-state index in [1.165, 1.54) is 18.3 Å². The molecular weight excluding hydrogens is 532 g/mol. The number of hydrogen-bond acceptors (Lipinski definition) is 10. The van der Waals surface area contributed by atoms with Crippen LogP contribution in [0.2, 0.25) is 5.02 Å². The van der Waals surface area contributed by atoms with Crippen LogP contribution < -0.4 is 10.2 Å². The van der Waals surface area contributed by atoms with E-state index in [2.05, 4.69) is 30.6 Å². The minimum absolute atomic E-state index is 0.194. The maximum atomic E-state index is 11.9. The molecule has 0 unspecified atom stereocenters. The molecule has 3 rings (SSSR count). The first-order chi connectivity index (χ1) is 18.0. The second kappa shape index (κ2) is 15.6. The molecule has 0 saturated carbocycles. The van der Waals surface area contributed by atoms with Gasteiger partial charge in [0.05, 0.1) is 18.9 Å². The van der Waals surface area contributed by atoms with Crippen molar-refractivity contribution in [2.24, 2.45) is 10.2 Å². The van der Waals surface area contributed by atoms with Crippen LogP contribution in [0.4, 0.5) is 22.2 Å². The predicted molar refractivity (Wildman–Crippen MR) is 151 cm³/mol. The summed E-state index contributed by atoms with van der Waals surface area (Å²) in [5.74, 6) is 0.556. The molecule has 0 bridgehead atoms. The van der Waals surface area contributed by atoms with Gasteiger partial charge in [-0.1, -0.05) is 46.8 Å². The Morgan fingerprint density at radius 3 is 2.41 bits per heavy atom. The zero-order chi connectivity index (χ0) is 26.5. The molecule has 1 heterocycles. The Labute approximate surface area is 230 Å². The Balaban J connectivity index is 1.72. The van der Waals surface area contributed by atoms with Crippen molar-refractivity contribution >= 4 is 62.8 Å². The molecule has 0 saturated heterocycles. The maximum Gasteiger partial charge on any atom is 0.252 e. The first-order valence-corrected chi connectivity index (χ1v) is 14.1. The minimum atomic E-state index is -0.194. The Kier molecular flexibility index (Phi) is 12.2. The Bertz CT molecular complexity index is 1150. The van der Waals surface area contributed by atoms with Crippen LogP contribution in [0.25, 0.3) is 0 Å². The number of carbonyl (C=O) groups excluding carboxylic acids is 1. The maximum absolute atomic E-state index is 11.9. The topological polar surface area (TPSA) is 101 Å². The number of nitrogens with one attached hydrogen (secondary N) is 1. The number of amides is 1. The standard InChI is InChI=1S/C25H31ClN6O3S2/c1-4-34-14-12-32(13-15-35-5-2)21-10-11-22(23(16-21)27-18(3)33)28-29-24-30-31-25(37-24)36-17-19-6-8-20(26)9-7-19/h6-11,16H,4-5,12-15,17H2,1-3H3,(H,27,33). The van der Waals surface area contributed by atoms with Crippen LogP contribution in [-0.4, -0.2) is 55.6 Å². The van der Waals surface area contributed by atoms with Crippen LogP contribution in [0.5, 0.6) is 0 Å². The van der Waals surface area contributed by atoms with Crippen LogP contribution in [0.15, 0.2) is 57.0 Å². The highest BCUT2D eigenvalue weighted by Crippen LogP contribution is 2.34. The lowest BCUT2D eigenvalue weighted by Gasteiger charge is -2.25. The highest BCUT2D eigenvalue weighted by molar-refractivity contribution is 8.00. The third-order valence-corrected chi connectivity index (χ3v) is 7.25. The van der Waals surface area contributed by atoms with Crippen molar-refractivity contribution in [1.29, 1.82) is 0 Å². The van der Waals surface area contributed by atoms with Gasteiger partial charge in [0.15, 0.2) is 4.34 Å². The lowest BCUT2D eigenvalue weighted by atomic mass is 10.2. The van der Waals surface area contributed by atoms with E-state index in [9.17, 15) is 4.79 Å². The Hall–Kier alpha value is -2.57. The zero-order valence-corrected chi connectivity index (χ0v) is 23.5. The van der Waals surface area contributed by atoms with Crippen LogP contribution in [0, 0.1) is 0 Å². The number of aromatic nitrogens is 2. The molecule has 0 aliphatic heterocycles. The predicted octanol–water partition coefficient (Wildman–Crippen LogP) is 6.74. The molecule has 12 heteroatoms. The van der Waals surface area contributed by atoms with E-state index in [1.54, 1.807) is 11.8 Å². The molecule has 1 aromatic heterocycles. The summed E-state index contributed by atoms with van der Waals surface area (Å²) in [5.41, 5.74) is 3.16. The van der Waals surface area contributed by atoms with E-state index in [4.69, 9.17) is 21.1 Å². The molecule has 0 spiro atoms. The van der Waals surface area contributed by atoms with Crippen molar-refractivity contribution in [1.82, 2.24) is 10.2 Å². The van der Waals surface area contributed by atoms with Gasteiger partial charge in [-0.3, -0.25) is 4.79 Å². The van der Waals surface area contributed by atoms with Crippen LogP contribution in [0.1, 0.15) is 26.3 Å². The second-order valence-corrected chi connectivity index (χ2v) is 10.3.